The molecule has 0 unspecified atom stereocenters. The van der Waals surface area contributed by atoms with E-state index in [-0.39, 0.29) is 5.91 Å². The minimum absolute atomic E-state index is 0.197. The van der Waals surface area contributed by atoms with Crippen LogP contribution in [-0.4, -0.2) is 11.7 Å². The monoisotopic (exact) mass is 362 g/mol. The van der Waals surface area contributed by atoms with Crippen molar-refractivity contribution in [2.75, 3.05) is 4.90 Å². The highest BCUT2D eigenvalue weighted by Gasteiger charge is 2.32. The molecular weight excluding hydrogens is 348 g/mol. The van der Waals surface area contributed by atoms with Gasteiger partial charge in [0.1, 0.15) is 17.3 Å². The lowest BCUT2D eigenvalue weighted by atomic mass is 10.1. The molecule has 1 amide bonds. The third-order valence-electron chi connectivity index (χ3n) is 4.04. The van der Waals surface area contributed by atoms with E-state index >= 15 is 0 Å². The highest BCUT2D eigenvalue weighted by molar-refractivity contribution is 6.34. The van der Waals surface area contributed by atoms with Gasteiger partial charge >= 0.3 is 0 Å². The number of hydrogen-bond donors (Lipinski definition) is 0. The van der Waals surface area contributed by atoms with Crippen LogP contribution in [0.2, 0.25) is 5.02 Å². The van der Waals surface area contributed by atoms with Gasteiger partial charge in [0.25, 0.3) is 5.91 Å². The van der Waals surface area contributed by atoms with Gasteiger partial charge in [-0.05, 0) is 61.0 Å². The Morgan fingerprint density at radius 2 is 1.88 bits per heavy atom. The summed E-state index contributed by atoms with van der Waals surface area (Å²) in [6.45, 7) is 1.99. The predicted molar refractivity (Wildman–Crippen MR) is 103 cm³/mol. The predicted octanol–water partition coefficient (Wildman–Crippen LogP) is 5.08. The standard InChI is InChI=1S/C21H15ClN2O2/c1-14-4-2-5-17(12-14)24-20(15-7-9-16(22)10-8-15)23-19(21(24)25)13-18-6-3-11-26-18/h2-13H,1H3/b19-13+. The maximum absolute atomic E-state index is 13.1. The molecule has 128 valence electrons. The van der Waals surface area contributed by atoms with Crippen LogP contribution in [0.4, 0.5) is 5.69 Å². The van der Waals surface area contributed by atoms with E-state index in [1.165, 1.54) is 0 Å². The smallest absolute Gasteiger partial charge is 0.282 e. The number of hydrogen-bond acceptors (Lipinski definition) is 3. The molecule has 0 radical (unpaired) electrons. The molecule has 5 heteroatoms. The summed E-state index contributed by atoms with van der Waals surface area (Å²) in [7, 11) is 0. The normalized spacial score (nSPS) is 15.6. The number of benzene rings is 2. The molecule has 4 rings (SSSR count). The van der Waals surface area contributed by atoms with Gasteiger partial charge in [-0.1, -0.05) is 23.7 Å². The van der Waals surface area contributed by atoms with E-state index in [1.54, 1.807) is 41.5 Å². The minimum atomic E-state index is -0.197. The van der Waals surface area contributed by atoms with E-state index in [4.69, 9.17) is 16.0 Å². The van der Waals surface area contributed by atoms with Crippen LogP contribution < -0.4 is 4.90 Å². The van der Waals surface area contributed by atoms with Crippen LogP contribution in [-0.2, 0) is 4.79 Å². The molecular formula is C21H15ClN2O2. The lowest BCUT2D eigenvalue weighted by Crippen LogP contribution is -2.32. The number of amidine groups is 1. The maximum atomic E-state index is 13.1. The Kier molecular flexibility index (Phi) is 4.19. The van der Waals surface area contributed by atoms with Crippen LogP contribution >= 0.6 is 11.6 Å². The third kappa shape index (κ3) is 3.07. The highest BCUT2D eigenvalue weighted by atomic mass is 35.5. The lowest BCUT2D eigenvalue weighted by Gasteiger charge is -2.19. The Labute approximate surface area is 156 Å². The minimum Gasteiger partial charge on any atom is -0.465 e. The number of nitrogens with zero attached hydrogens (tertiary/aromatic N) is 2. The summed E-state index contributed by atoms with van der Waals surface area (Å²) in [4.78, 5) is 19.3. The topological polar surface area (TPSA) is 45.8 Å². The van der Waals surface area contributed by atoms with Crippen LogP contribution in [0.3, 0.4) is 0 Å². The Morgan fingerprint density at radius 1 is 1.08 bits per heavy atom. The van der Waals surface area contributed by atoms with Gasteiger partial charge in [-0.25, -0.2) is 4.99 Å². The van der Waals surface area contributed by atoms with Crippen molar-refractivity contribution in [1.82, 2.24) is 0 Å². The van der Waals surface area contributed by atoms with Crippen molar-refractivity contribution >= 4 is 35.1 Å². The van der Waals surface area contributed by atoms with E-state index in [0.717, 1.165) is 16.8 Å². The molecule has 2 heterocycles. The van der Waals surface area contributed by atoms with Gasteiger partial charge in [0, 0.05) is 16.7 Å². The van der Waals surface area contributed by atoms with Crippen molar-refractivity contribution in [3.63, 3.8) is 0 Å². The van der Waals surface area contributed by atoms with E-state index in [9.17, 15) is 4.79 Å². The van der Waals surface area contributed by atoms with E-state index in [2.05, 4.69) is 4.99 Å². The average Bonchev–Trinajstić information content (AvgIpc) is 3.25. The van der Waals surface area contributed by atoms with Crippen molar-refractivity contribution in [3.8, 4) is 0 Å². The summed E-state index contributed by atoms with van der Waals surface area (Å²) in [5.74, 6) is 0.950. The number of halogens is 1. The van der Waals surface area contributed by atoms with Crippen LogP contribution in [0, 0.1) is 6.92 Å². The van der Waals surface area contributed by atoms with Crippen molar-refractivity contribution < 1.29 is 9.21 Å². The maximum Gasteiger partial charge on any atom is 0.282 e. The first-order valence-electron chi connectivity index (χ1n) is 8.13. The molecule has 0 fully saturated rings. The molecule has 1 aliphatic heterocycles. The Morgan fingerprint density at radius 3 is 2.58 bits per heavy atom. The second kappa shape index (κ2) is 6.65. The van der Waals surface area contributed by atoms with E-state index in [1.807, 2.05) is 43.3 Å². The zero-order valence-electron chi connectivity index (χ0n) is 14.0. The number of carbonyl (C=O) groups is 1. The Bertz CT molecular complexity index is 1020. The number of carbonyl (C=O) groups excluding carboxylic acids is 1. The molecule has 2 aromatic carbocycles. The quantitative estimate of drug-likeness (QED) is 0.610. The second-order valence-electron chi connectivity index (χ2n) is 5.97. The lowest BCUT2D eigenvalue weighted by molar-refractivity contribution is -0.113. The summed E-state index contributed by atoms with van der Waals surface area (Å²) in [6, 6.07) is 18.6. The SMILES string of the molecule is Cc1cccc(N2C(=O)/C(=C\c3ccco3)N=C2c2ccc(Cl)cc2)c1. The van der Waals surface area contributed by atoms with Gasteiger partial charge in [0.15, 0.2) is 0 Å². The average molecular weight is 363 g/mol. The molecule has 0 bridgehead atoms. The zero-order valence-corrected chi connectivity index (χ0v) is 14.8. The molecule has 3 aromatic rings. The fourth-order valence-corrected chi connectivity index (χ4v) is 2.95. The van der Waals surface area contributed by atoms with E-state index < -0.39 is 0 Å². The largest absolute Gasteiger partial charge is 0.465 e. The van der Waals surface area contributed by atoms with Crippen LogP contribution in [0.5, 0.6) is 0 Å². The van der Waals surface area contributed by atoms with Crippen LogP contribution in [0.25, 0.3) is 6.08 Å². The molecule has 0 saturated carbocycles. The molecule has 0 aliphatic carbocycles. The van der Waals surface area contributed by atoms with Gasteiger partial charge in [0.2, 0.25) is 0 Å². The molecule has 4 nitrogen and oxygen atoms in total. The molecule has 1 aliphatic rings. The molecule has 0 atom stereocenters. The summed E-state index contributed by atoms with van der Waals surface area (Å²) >= 11 is 6.00. The van der Waals surface area contributed by atoms with Crippen LogP contribution in [0.1, 0.15) is 16.9 Å². The molecule has 0 N–H and O–H groups in total. The van der Waals surface area contributed by atoms with E-state index in [0.29, 0.717) is 22.3 Å². The van der Waals surface area contributed by atoms with Gasteiger partial charge in [-0.2, -0.15) is 0 Å². The number of aliphatic imine (C=N–C) groups is 1. The second-order valence-corrected chi connectivity index (χ2v) is 6.40. The van der Waals surface area contributed by atoms with Crippen molar-refractivity contribution in [3.05, 3.63) is 94.5 Å². The first-order chi connectivity index (χ1) is 12.6. The van der Waals surface area contributed by atoms with Gasteiger partial charge in [-0.15, -0.1) is 0 Å². The van der Waals surface area contributed by atoms with Crippen molar-refractivity contribution in [2.45, 2.75) is 6.92 Å². The fraction of sp³-hybridized carbons (Fsp3) is 0.0476. The molecule has 0 saturated heterocycles. The summed E-state index contributed by atoms with van der Waals surface area (Å²) in [6.07, 6.45) is 3.21. The summed E-state index contributed by atoms with van der Waals surface area (Å²) < 4.78 is 5.33. The fourth-order valence-electron chi connectivity index (χ4n) is 2.82. The number of furan rings is 1. The Balaban J connectivity index is 1.84. The van der Waals surface area contributed by atoms with Crippen molar-refractivity contribution in [2.24, 2.45) is 4.99 Å². The van der Waals surface area contributed by atoms with Gasteiger partial charge < -0.3 is 4.42 Å². The van der Waals surface area contributed by atoms with Crippen LogP contribution in [0.15, 0.2) is 82.0 Å². The first kappa shape index (κ1) is 16.4. The van der Waals surface area contributed by atoms with Crippen molar-refractivity contribution in [1.29, 1.82) is 0 Å². The first-order valence-corrected chi connectivity index (χ1v) is 8.50. The van der Waals surface area contributed by atoms with Gasteiger partial charge in [-0.3, -0.25) is 9.69 Å². The highest BCUT2D eigenvalue weighted by Crippen LogP contribution is 2.28. The summed E-state index contributed by atoms with van der Waals surface area (Å²) in [5, 5.41) is 0.632. The van der Waals surface area contributed by atoms with Gasteiger partial charge in [0.05, 0.1) is 12.0 Å². The number of anilines is 1. The number of rotatable bonds is 3. The molecule has 26 heavy (non-hydrogen) atoms. The molecule has 0 spiro atoms. The zero-order chi connectivity index (χ0) is 18.1. The number of aryl methyl sites for hydroxylation is 1. The Hall–Kier alpha value is -3.11. The number of amides is 1. The molecule has 1 aromatic heterocycles. The third-order valence-corrected chi connectivity index (χ3v) is 4.30. The summed E-state index contributed by atoms with van der Waals surface area (Å²) in [5.41, 5.74) is 2.97.